The molecule has 0 aliphatic heterocycles. The molecule has 0 aromatic rings. The largest absolute Gasteiger partial charge is 2.00 e. The molecule has 1 nitrogen and oxygen atoms in total. The van der Waals surface area contributed by atoms with E-state index in [4.69, 9.17) is 0 Å². The first-order valence-corrected chi connectivity index (χ1v) is 10.4. The van der Waals surface area contributed by atoms with E-state index in [2.05, 4.69) is 54.6 Å². The van der Waals surface area contributed by atoms with Gasteiger partial charge >= 0.3 is 25.7 Å². The van der Waals surface area contributed by atoms with Crippen LogP contribution in [-0.2, 0) is 19.5 Å². The molecule has 0 heterocycles. The van der Waals surface area contributed by atoms with Gasteiger partial charge in [0.2, 0.25) is 0 Å². The first kappa shape index (κ1) is 34.1. The molecule has 0 bridgehead atoms. The summed E-state index contributed by atoms with van der Waals surface area (Å²) in [4.78, 5) is 0. The summed E-state index contributed by atoms with van der Waals surface area (Å²) in [5.74, 6) is -1.30. The van der Waals surface area contributed by atoms with Crippen LogP contribution in [0.15, 0.2) is 0 Å². The summed E-state index contributed by atoms with van der Waals surface area (Å²) >= 11 is 0. The average molecular weight is 506 g/mol. The molecule has 163 valence electrons. The van der Waals surface area contributed by atoms with E-state index in [0.717, 1.165) is 29.6 Å². The Morgan fingerprint density at radius 2 is 0.808 bits per heavy atom. The van der Waals surface area contributed by atoms with Crippen molar-refractivity contribution in [3.8, 4) is 0 Å². The molecular weight excluding hydrogens is 475 g/mol. The normalized spacial score (nSPS) is 28.3. The molecule has 2 N–H and O–H groups in total. The summed E-state index contributed by atoms with van der Waals surface area (Å²) in [6, 6.07) is 0. The zero-order valence-corrected chi connectivity index (χ0v) is 18.8. The van der Waals surface area contributed by atoms with Crippen LogP contribution in [0.3, 0.4) is 0 Å². The van der Waals surface area contributed by atoms with Crippen molar-refractivity contribution >= 4 is 7.92 Å². The molecule has 0 unspecified atom stereocenters. The van der Waals surface area contributed by atoms with E-state index in [-0.39, 0.29) is 25.0 Å². The molecular formula is C16H31F7OPRh+. The minimum Gasteiger partial charge on any atom is -0.415 e. The molecule has 0 amide bonds. The van der Waals surface area contributed by atoms with Crippen molar-refractivity contribution in [1.29, 1.82) is 0 Å². The van der Waals surface area contributed by atoms with Crippen molar-refractivity contribution in [2.45, 2.75) is 46.7 Å². The van der Waals surface area contributed by atoms with Gasteiger partial charge in [0.1, 0.15) is 0 Å². The second-order valence-corrected chi connectivity index (χ2v) is 9.65. The van der Waals surface area contributed by atoms with Crippen molar-refractivity contribution in [3.63, 3.8) is 0 Å². The number of halogens is 7. The molecule has 1 aliphatic carbocycles. The average Bonchev–Trinajstić information content (AvgIpc) is 2.56. The predicted octanol–water partition coefficient (Wildman–Crippen LogP) is 6.32. The standard InChI is InChI=1S/C10H20.C3F7.C3H9P.H2O.Rh/c1-6-7(2)9(4)10(5)8(6)3;4-1(5)2(6,7)3(8,9)10;1-4(2)3;;/h6-10H,1-5H3;;1-3H3;1H2;/q;-1;;;+2. The molecule has 0 atom stereocenters. The van der Waals surface area contributed by atoms with Crippen LogP contribution in [0.1, 0.15) is 34.6 Å². The van der Waals surface area contributed by atoms with Crippen LogP contribution in [0.4, 0.5) is 30.7 Å². The second kappa shape index (κ2) is 13.7. The van der Waals surface area contributed by atoms with E-state index in [9.17, 15) is 30.7 Å². The second-order valence-electron chi connectivity index (χ2n) is 6.97. The van der Waals surface area contributed by atoms with Gasteiger partial charge in [-0.3, -0.25) is 0 Å². The van der Waals surface area contributed by atoms with Crippen LogP contribution in [0.5, 0.6) is 0 Å². The minimum atomic E-state index is -6.20. The van der Waals surface area contributed by atoms with Crippen molar-refractivity contribution in [3.05, 3.63) is 6.43 Å². The van der Waals surface area contributed by atoms with Gasteiger partial charge in [0, 0.05) is 0 Å². The fourth-order valence-electron chi connectivity index (χ4n) is 2.50. The Hall–Kier alpha value is 0.523. The summed E-state index contributed by atoms with van der Waals surface area (Å²) in [5, 5.41) is 0. The Bertz CT molecular complexity index is 306. The molecule has 1 fully saturated rings. The third-order valence-corrected chi connectivity index (χ3v) is 4.74. The zero-order chi connectivity index (χ0) is 20.0. The maximum absolute atomic E-state index is 11.1. The Kier molecular flexibility index (Phi) is 17.9. The minimum absolute atomic E-state index is 0. The summed E-state index contributed by atoms with van der Waals surface area (Å²) in [7, 11) is 0.380. The molecule has 1 saturated carbocycles. The Morgan fingerprint density at radius 3 is 0.846 bits per heavy atom. The number of rotatable bonds is 1. The van der Waals surface area contributed by atoms with Crippen molar-refractivity contribution in [2.24, 2.45) is 29.6 Å². The summed E-state index contributed by atoms with van der Waals surface area (Å²) in [6.45, 7) is 18.7. The number of alkyl halides is 5. The summed E-state index contributed by atoms with van der Waals surface area (Å²) in [6.07, 6.45) is -10.1. The molecule has 10 heteroatoms. The predicted molar refractivity (Wildman–Crippen MR) is 90.6 cm³/mol. The smallest absolute Gasteiger partial charge is 0.415 e. The van der Waals surface area contributed by atoms with Crippen LogP contribution in [0, 0.1) is 36.0 Å². The monoisotopic (exact) mass is 506 g/mol. The van der Waals surface area contributed by atoms with Crippen LogP contribution in [0.25, 0.3) is 0 Å². The van der Waals surface area contributed by atoms with Crippen LogP contribution < -0.4 is 0 Å². The molecule has 1 aliphatic rings. The Morgan fingerprint density at radius 1 is 0.654 bits per heavy atom. The van der Waals surface area contributed by atoms with Gasteiger partial charge in [0.25, 0.3) is 5.92 Å². The van der Waals surface area contributed by atoms with Crippen molar-refractivity contribution in [1.82, 2.24) is 0 Å². The first-order valence-electron chi connectivity index (χ1n) is 7.72. The molecule has 0 saturated heterocycles. The van der Waals surface area contributed by atoms with Gasteiger partial charge in [0.05, 0.1) is 6.43 Å². The Balaban J connectivity index is -0.000000146. The molecule has 1 radical (unpaired) electrons. The molecule has 0 spiro atoms. The summed E-state index contributed by atoms with van der Waals surface area (Å²) in [5.41, 5.74) is 0. The van der Waals surface area contributed by atoms with Gasteiger partial charge in [0.15, 0.2) is 0 Å². The third kappa shape index (κ3) is 10.8. The van der Waals surface area contributed by atoms with E-state index in [1.807, 2.05) is 0 Å². The van der Waals surface area contributed by atoms with Crippen molar-refractivity contribution < 1.29 is 55.7 Å². The van der Waals surface area contributed by atoms with E-state index in [1.165, 1.54) is 0 Å². The van der Waals surface area contributed by atoms with Crippen molar-refractivity contribution in [2.75, 3.05) is 20.0 Å². The van der Waals surface area contributed by atoms with Crippen LogP contribution in [-0.4, -0.2) is 37.6 Å². The van der Waals surface area contributed by atoms with E-state index in [0.29, 0.717) is 7.92 Å². The number of hydrogen-bond acceptors (Lipinski definition) is 0. The van der Waals surface area contributed by atoms with Crippen LogP contribution >= 0.6 is 7.92 Å². The topological polar surface area (TPSA) is 31.5 Å². The summed E-state index contributed by atoms with van der Waals surface area (Å²) < 4.78 is 76.3. The van der Waals surface area contributed by atoms with Crippen LogP contribution in [0.2, 0.25) is 0 Å². The number of hydrogen-bond donors (Lipinski definition) is 0. The van der Waals surface area contributed by atoms with Gasteiger partial charge < -0.3 is 14.3 Å². The van der Waals surface area contributed by atoms with E-state index in [1.54, 1.807) is 0 Å². The maximum Gasteiger partial charge on any atom is 2.00 e. The van der Waals surface area contributed by atoms with Gasteiger partial charge in [-0.15, -0.1) is 7.92 Å². The molecule has 26 heavy (non-hydrogen) atoms. The maximum atomic E-state index is 11.1. The first-order chi connectivity index (χ1) is 10.5. The van der Waals surface area contributed by atoms with E-state index < -0.39 is 18.5 Å². The molecule has 0 aromatic carbocycles. The third-order valence-electron chi connectivity index (χ3n) is 4.74. The molecule has 0 aromatic heterocycles. The van der Waals surface area contributed by atoms with Gasteiger partial charge in [-0.25, -0.2) is 8.78 Å². The fourth-order valence-corrected chi connectivity index (χ4v) is 2.50. The molecule has 1 rings (SSSR count). The van der Waals surface area contributed by atoms with E-state index >= 15 is 0 Å². The SMILES string of the molecule is CC1C(C)C(C)C(C)C1C.CP(C)C.F[C-](F)C(F)(F)C(F)(F)F.O.[Rh+2]. The van der Waals surface area contributed by atoms with Gasteiger partial charge in [-0.1, -0.05) is 34.6 Å². The fraction of sp³-hybridized carbons (Fsp3) is 0.938. The van der Waals surface area contributed by atoms with Gasteiger partial charge in [-0.2, -0.15) is 13.2 Å². The van der Waals surface area contributed by atoms with Gasteiger partial charge in [-0.05, 0) is 49.6 Å². The zero-order valence-electron chi connectivity index (χ0n) is 16.3. The Labute approximate surface area is 166 Å². The quantitative estimate of drug-likeness (QED) is 0.173.